The average Bonchev–Trinajstić information content (AvgIpc) is 2.33. The minimum atomic E-state index is 0.603. The summed E-state index contributed by atoms with van der Waals surface area (Å²) >= 11 is 0. The zero-order valence-corrected chi connectivity index (χ0v) is 10.9. The van der Waals surface area contributed by atoms with Crippen LogP contribution in [-0.2, 0) is 0 Å². The molecule has 0 amide bonds. The molecular formula is C12H22N4O. The summed E-state index contributed by atoms with van der Waals surface area (Å²) in [6, 6.07) is 1.86. The molecule has 1 heterocycles. The second-order valence-electron chi connectivity index (χ2n) is 3.94. The molecule has 5 nitrogen and oxygen atoms in total. The molecule has 0 bridgehead atoms. The van der Waals surface area contributed by atoms with E-state index in [9.17, 15) is 0 Å². The van der Waals surface area contributed by atoms with Gasteiger partial charge in [-0.05, 0) is 13.3 Å². The fourth-order valence-electron chi connectivity index (χ4n) is 1.64. The maximum absolute atomic E-state index is 5.63. The summed E-state index contributed by atoms with van der Waals surface area (Å²) in [5.41, 5.74) is 5.63. The maximum atomic E-state index is 5.63. The van der Waals surface area contributed by atoms with E-state index in [1.54, 1.807) is 7.11 Å². The van der Waals surface area contributed by atoms with Gasteiger partial charge in [-0.25, -0.2) is 4.98 Å². The van der Waals surface area contributed by atoms with E-state index in [1.807, 2.05) is 13.0 Å². The quantitative estimate of drug-likeness (QED) is 0.777. The lowest BCUT2D eigenvalue weighted by Crippen LogP contribution is -2.31. The number of nitrogens with zero attached hydrogens (tertiary/aromatic N) is 3. The number of aromatic nitrogens is 2. The zero-order chi connectivity index (χ0) is 12.7. The fourth-order valence-corrected chi connectivity index (χ4v) is 1.64. The second-order valence-corrected chi connectivity index (χ2v) is 3.94. The standard InChI is InChI=1S/C12H22N4O/c1-4-5-7-16(8-6-13)11-9-12(17-3)15-10(2)14-11/h9H,4-8,13H2,1-3H3. The minimum absolute atomic E-state index is 0.603. The Labute approximate surface area is 103 Å². The van der Waals surface area contributed by atoms with E-state index in [4.69, 9.17) is 10.5 Å². The van der Waals surface area contributed by atoms with Gasteiger partial charge in [0.05, 0.1) is 7.11 Å². The monoisotopic (exact) mass is 238 g/mol. The molecule has 1 aromatic rings. The van der Waals surface area contributed by atoms with E-state index in [0.29, 0.717) is 12.4 Å². The molecule has 5 heteroatoms. The van der Waals surface area contributed by atoms with Crippen LogP contribution in [0.4, 0.5) is 5.82 Å². The first-order valence-electron chi connectivity index (χ1n) is 6.06. The van der Waals surface area contributed by atoms with E-state index < -0.39 is 0 Å². The highest BCUT2D eigenvalue weighted by Crippen LogP contribution is 2.17. The predicted molar refractivity (Wildman–Crippen MR) is 69.5 cm³/mol. The van der Waals surface area contributed by atoms with Crippen LogP contribution in [0, 0.1) is 6.92 Å². The Morgan fingerprint density at radius 2 is 2.12 bits per heavy atom. The number of hydrogen-bond donors (Lipinski definition) is 1. The van der Waals surface area contributed by atoms with Crippen molar-refractivity contribution in [2.45, 2.75) is 26.7 Å². The summed E-state index contributed by atoms with van der Waals surface area (Å²) in [7, 11) is 1.62. The van der Waals surface area contributed by atoms with Crippen LogP contribution < -0.4 is 15.4 Å². The Kier molecular flexibility index (Phi) is 5.69. The Morgan fingerprint density at radius 3 is 2.71 bits per heavy atom. The summed E-state index contributed by atoms with van der Waals surface area (Å²) < 4.78 is 5.16. The van der Waals surface area contributed by atoms with Crippen molar-refractivity contribution in [2.24, 2.45) is 5.73 Å². The van der Waals surface area contributed by atoms with Gasteiger partial charge in [0.1, 0.15) is 11.6 Å². The molecule has 0 saturated heterocycles. The number of hydrogen-bond acceptors (Lipinski definition) is 5. The van der Waals surface area contributed by atoms with Gasteiger partial charge < -0.3 is 15.4 Å². The van der Waals surface area contributed by atoms with E-state index in [-0.39, 0.29) is 0 Å². The van der Waals surface area contributed by atoms with Gasteiger partial charge >= 0.3 is 0 Å². The van der Waals surface area contributed by atoms with Crippen LogP contribution in [0.2, 0.25) is 0 Å². The Hall–Kier alpha value is -1.36. The lowest BCUT2D eigenvalue weighted by atomic mass is 10.3. The molecule has 0 spiro atoms. The number of nitrogens with two attached hydrogens (primary N) is 1. The van der Waals surface area contributed by atoms with Crippen LogP contribution in [0.25, 0.3) is 0 Å². The van der Waals surface area contributed by atoms with Crippen molar-refractivity contribution in [3.8, 4) is 5.88 Å². The first-order chi connectivity index (χ1) is 8.21. The first kappa shape index (κ1) is 13.7. The minimum Gasteiger partial charge on any atom is -0.481 e. The highest BCUT2D eigenvalue weighted by Gasteiger charge is 2.09. The highest BCUT2D eigenvalue weighted by atomic mass is 16.5. The summed E-state index contributed by atoms with van der Waals surface area (Å²) in [6.45, 7) is 6.43. The van der Waals surface area contributed by atoms with Gasteiger partial charge in [0.15, 0.2) is 0 Å². The van der Waals surface area contributed by atoms with Crippen molar-refractivity contribution < 1.29 is 4.74 Å². The smallest absolute Gasteiger partial charge is 0.218 e. The molecule has 1 aromatic heterocycles. The van der Waals surface area contributed by atoms with Gasteiger partial charge in [-0.2, -0.15) is 4.98 Å². The zero-order valence-electron chi connectivity index (χ0n) is 10.9. The van der Waals surface area contributed by atoms with Crippen molar-refractivity contribution in [1.29, 1.82) is 0 Å². The molecule has 17 heavy (non-hydrogen) atoms. The van der Waals surface area contributed by atoms with Crippen LogP contribution in [0.3, 0.4) is 0 Å². The lowest BCUT2D eigenvalue weighted by Gasteiger charge is -2.23. The number of aryl methyl sites for hydroxylation is 1. The molecule has 0 aromatic carbocycles. The van der Waals surface area contributed by atoms with Crippen molar-refractivity contribution in [3.05, 3.63) is 11.9 Å². The molecule has 0 atom stereocenters. The van der Waals surface area contributed by atoms with Crippen LogP contribution in [-0.4, -0.2) is 36.7 Å². The van der Waals surface area contributed by atoms with Crippen molar-refractivity contribution in [3.63, 3.8) is 0 Å². The molecule has 0 radical (unpaired) electrons. The summed E-state index contributed by atoms with van der Waals surface area (Å²) in [6.07, 6.45) is 2.29. The van der Waals surface area contributed by atoms with Gasteiger partial charge in [0.25, 0.3) is 0 Å². The van der Waals surface area contributed by atoms with Crippen molar-refractivity contribution >= 4 is 5.82 Å². The average molecular weight is 238 g/mol. The van der Waals surface area contributed by atoms with E-state index in [1.165, 1.54) is 0 Å². The van der Waals surface area contributed by atoms with Crippen molar-refractivity contribution in [1.82, 2.24) is 9.97 Å². The third-order valence-electron chi connectivity index (χ3n) is 2.51. The second kappa shape index (κ2) is 7.06. The molecule has 0 aliphatic carbocycles. The topological polar surface area (TPSA) is 64.3 Å². The van der Waals surface area contributed by atoms with Gasteiger partial charge in [-0.15, -0.1) is 0 Å². The Morgan fingerprint density at radius 1 is 1.35 bits per heavy atom. The van der Waals surface area contributed by atoms with Gasteiger partial charge in [-0.3, -0.25) is 0 Å². The molecule has 0 aliphatic heterocycles. The molecule has 96 valence electrons. The van der Waals surface area contributed by atoms with Crippen LogP contribution in [0.15, 0.2) is 6.07 Å². The number of ether oxygens (including phenoxy) is 1. The van der Waals surface area contributed by atoms with Crippen LogP contribution >= 0.6 is 0 Å². The first-order valence-corrected chi connectivity index (χ1v) is 6.06. The molecule has 0 fully saturated rings. The lowest BCUT2D eigenvalue weighted by molar-refractivity contribution is 0.395. The molecule has 0 unspecified atom stereocenters. The SMILES string of the molecule is CCCCN(CCN)c1cc(OC)nc(C)n1. The number of rotatable bonds is 7. The summed E-state index contributed by atoms with van der Waals surface area (Å²) in [4.78, 5) is 10.8. The van der Waals surface area contributed by atoms with Crippen LogP contribution in [0.5, 0.6) is 5.88 Å². The molecule has 1 rings (SSSR count). The van der Waals surface area contributed by atoms with E-state index in [0.717, 1.165) is 37.6 Å². The third-order valence-corrected chi connectivity index (χ3v) is 2.51. The molecule has 2 N–H and O–H groups in total. The van der Waals surface area contributed by atoms with E-state index in [2.05, 4.69) is 21.8 Å². The number of anilines is 1. The Balaban J connectivity index is 2.87. The van der Waals surface area contributed by atoms with Gasteiger partial charge in [0.2, 0.25) is 5.88 Å². The summed E-state index contributed by atoms with van der Waals surface area (Å²) in [5.74, 6) is 2.22. The van der Waals surface area contributed by atoms with Crippen molar-refractivity contribution in [2.75, 3.05) is 31.6 Å². The van der Waals surface area contributed by atoms with Crippen LogP contribution in [0.1, 0.15) is 25.6 Å². The summed E-state index contributed by atoms with van der Waals surface area (Å²) in [5, 5.41) is 0. The molecule has 0 saturated carbocycles. The number of methoxy groups -OCH3 is 1. The fraction of sp³-hybridized carbons (Fsp3) is 0.667. The van der Waals surface area contributed by atoms with Gasteiger partial charge in [0, 0.05) is 25.7 Å². The highest BCUT2D eigenvalue weighted by molar-refractivity contribution is 5.41. The maximum Gasteiger partial charge on any atom is 0.218 e. The Bertz CT molecular complexity index is 343. The van der Waals surface area contributed by atoms with Gasteiger partial charge in [-0.1, -0.05) is 13.3 Å². The largest absolute Gasteiger partial charge is 0.481 e. The normalized spacial score (nSPS) is 10.4. The molecular weight excluding hydrogens is 216 g/mol. The number of unbranched alkanes of at least 4 members (excludes halogenated alkanes) is 1. The predicted octanol–water partition coefficient (Wildman–Crippen LogP) is 1.36. The van der Waals surface area contributed by atoms with E-state index >= 15 is 0 Å². The third kappa shape index (κ3) is 4.19. The molecule has 0 aliphatic rings.